The molecule has 0 unspecified atom stereocenters. The van der Waals surface area contributed by atoms with Crippen LogP contribution in [0.3, 0.4) is 0 Å². The van der Waals surface area contributed by atoms with Crippen molar-refractivity contribution < 1.29 is 4.79 Å². The number of amides is 2. The Morgan fingerprint density at radius 2 is 2.21 bits per heavy atom. The van der Waals surface area contributed by atoms with Gasteiger partial charge in [-0.1, -0.05) is 0 Å². The lowest BCUT2D eigenvalue weighted by Gasteiger charge is -2.32. The van der Waals surface area contributed by atoms with Gasteiger partial charge in [-0.3, -0.25) is 4.68 Å². The summed E-state index contributed by atoms with van der Waals surface area (Å²) in [6.07, 6.45) is 11.5. The van der Waals surface area contributed by atoms with E-state index in [1.54, 1.807) is 12.5 Å². The van der Waals surface area contributed by atoms with Gasteiger partial charge >= 0.3 is 6.03 Å². The number of piperidine rings is 1. The Bertz CT molecular complexity index is 691. The van der Waals surface area contributed by atoms with Crippen molar-refractivity contribution in [2.24, 2.45) is 5.92 Å². The highest BCUT2D eigenvalue weighted by atomic mass is 16.2. The first-order chi connectivity index (χ1) is 11.7. The van der Waals surface area contributed by atoms with Gasteiger partial charge in [0.15, 0.2) is 0 Å². The molecule has 0 radical (unpaired) electrons. The fraction of sp³-hybridized carbons (Fsp3) is 0.625. The van der Waals surface area contributed by atoms with Crippen LogP contribution in [0.1, 0.15) is 44.7 Å². The highest BCUT2D eigenvalue weighted by Crippen LogP contribution is 2.39. The van der Waals surface area contributed by atoms with Crippen LogP contribution >= 0.6 is 0 Å². The smallest absolute Gasteiger partial charge is 0.322 e. The van der Waals surface area contributed by atoms with Crippen molar-refractivity contribution in [3.8, 4) is 0 Å². The van der Waals surface area contributed by atoms with E-state index < -0.39 is 0 Å². The van der Waals surface area contributed by atoms with Crippen LogP contribution in [0.4, 0.5) is 10.5 Å². The summed E-state index contributed by atoms with van der Waals surface area (Å²) in [6, 6.07) is 0.533. The van der Waals surface area contributed by atoms with Crippen molar-refractivity contribution >= 4 is 11.7 Å². The lowest BCUT2D eigenvalue weighted by molar-refractivity contribution is 0.174. The first-order valence-electron chi connectivity index (χ1n) is 8.65. The fourth-order valence-corrected chi connectivity index (χ4v) is 3.38. The number of carbonyl (C=O) groups excluding carboxylic acids is 1. The van der Waals surface area contributed by atoms with Crippen LogP contribution in [0.2, 0.25) is 0 Å². The SMILES string of the molecule is C[C@@H](C1CC1)n1cc(NC(=O)N2CCC[C@H](n3cncn3)C2)cn1. The average molecular weight is 329 g/mol. The second-order valence-electron chi connectivity index (χ2n) is 6.83. The van der Waals surface area contributed by atoms with Crippen LogP contribution in [0.5, 0.6) is 0 Å². The Morgan fingerprint density at radius 3 is 2.96 bits per heavy atom. The zero-order valence-electron chi connectivity index (χ0n) is 13.9. The zero-order valence-corrected chi connectivity index (χ0v) is 13.9. The highest BCUT2D eigenvalue weighted by molar-refractivity contribution is 5.89. The molecule has 1 saturated heterocycles. The number of likely N-dealkylation sites (tertiary alicyclic amines) is 1. The molecule has 4 rings (SSSR count). The number of anilines is 1. The van der Waals surface area contributed by atoms with Crippen LogP contribution < -0.4 is 5.32 Å². The van der Waals surface area contributed by atoms with E-state index in [4.69, 9.17) is 0 Å². The van der Waals surface area contributed by atoms with Crippen LogP contribution in [0.25, 0.3) is 0 Å². The van der Waals surface area contributed by atoms with Crippen LogP contribution in [0, 0.1) is 5.92 Å². The monoisotopic (exact) mass is 329 g/mol. The van der Waals surface area contributed by atoms with E-state index in [2.05, 4.69) is 27.4 Å². The topological polar surface area (TPSA) is 80.9 Å². The van der Waals surface area contributed by atoms with Crippen molar-refractivity contribution in [2.45, 2.75) is 44.7 Å². The second-order valence-corrected chi connectivity index (χ2v) is 6.83. The summed E-state index contributed by atoms with van der Waals surface area (Å²) in [5, 5.41) is 11.6. The maximum absolute atomic E-state index is 12.5. The predicted octanol–water partition coefficient (Wildman–Crippen LogP) is 2.31. The number of aromatic nitrogens is 5. The molecule has 0 bridgehead atoms. The minimum absolute atomic E-state index is 0.0709. The van der Waals surface area contributed by atoms with E-state index in [1.807, 2.05) is 20.5 Å². The van der Waals surface area contributed by atoms with Gasteiger partial charge in [0.25, 0.3) is 0 Å². The van der Waals surface area contributed by atoms with Crippen molar-refractivity contribution in [3.63, 3.8) is 0 Å². The molecule has 0 aromatic carbocycles. The molecule has 1 aliphatic heterocycles. The van der Waals surface area contributed by atoms with E-state index >= 15 is 0 Å². The maximum Gasteiger partial charge on any atom is 0.322 e. The van der Waals surface area contributed by atoms with Gasteiger partial charge in [-0.05, 0) is 38.5 Å². The Balaban J connectivity index is 1.37. The second kappa shape index (κ2) is 6.26. The Labute approximate surface area is 140 Å². The van der Waals surface area contributed by atoms with Crippen LogP contribution in [0.15, 0.2) is 25.0 Å². The normalized spacial score (nSPS) is 22.4. The average Bonchev–Trinajstić information content (AvgIpc) is 3.10. The molecule has 24 heavy (non-hydrogen) atoms. The number of rotatable bonds is 4. The molecule has 0 spiro atoms. The van der Waals surface area contributed by atoms with Gasteiger partial charge in [-0.25, -0.2) is 14.5 Å². The van der Waals surface area contributed by atoms with Crippen molar-refractivity contribution in [3.05, 3.63) is 25.0 Å². The first-order valence-corrected chi connectivity index (χ1v) is 8.65. The quantitative estimate of drug-likeness (QED) is 0.933. The molecule has 1 N–H and O–H groups in total. The summed E-state index contributed by atoms with van der Waals surface area (Å²) in [5.74, 6) is 0.735. The summed E-state index contributed by atoms with van der Waals surface area (Å²) in [5.41, 5.74) is 0.760. The van der Waals surface area contributed by atoms with E-state index in [0.29, 0.717) is 12.6 Å². The summed E-state index contributed by atoms with van der Waals surface area (Å²) < 4.78 is 3.80. The van der Waals surface area contributed by atoms with E-state index in [0.717, 1.165) is 31.0 Å². The molecule has 2 aromatic heterocycles. The third kappa shape index (κ3) is 3.13. The largest absolute Gasteiger partial charge is 0.322 e. The van der Waals surface area contributed by atoms with Gasteiger partial charge in [-0.2, -0.15) is 10.2 Å². The van der Waals surface area contributed by atoms with Crippen molar-refractivity contribution in [1.29, 1.82) is 0 Å². The molecule has 2 aromatic rings. The first kappa shape index (κ1) is 15.2. The summed E-state index contributed by atoms with van der Waals surface area (Å²) in [7, 11) is 0. The predicted molar refractivity (Wildman–Crippen MR) is 88.5 cm³/mol. The summed E-state index contributed by atoms with van der Waals surface area (Å²) in [6.45, 7) is 3.61. The molecule has 3 heterocycles. The molecule has 2 fully saturated rings. The minimum atomic E-state index is -0.0709. The minimum Gasteiger partial charge on any atom is -0.322 e. The van der Waals surface area contributed by atoms with Crippen LogP contribution in [-0.4, -0.2) is 48.6 Å². The molecule has 2 amide bonds. The lowest BCUT2D eigenvalue weighted by Crippen LogP contribution is -2.43. The molecular formula is C16H23N7O. The van der Waals surface area contributed by atoms with Crippen molar-refractivity contribution in [2.75, 3.05) is 18.4 Å². The maximum atomic E-state index is 12.5. The lowest BCUT2D eigenvalue weighted by atomic mass is 10.1. The van der Waals surface area contributed by atoms with Crippen LogP contribution in [-0.2, 0) is 0 Å². The van der Waals surface area contributed by atoms with Gasteiger partial charge in [0.1, 0.15) is 12.7 Å². The van der Waals surface area contributed by atoms with Gasteiger partial charge in [-0.15, -0.1) is 0 Å². The van der Waals surface area contributed by atoms with Gasteiger partial charge in [0, 0.05) is 19.3 Å². The third-order valence-corrected chi connectivity index (χ3v) is 5.07. The van der Waals surface area contributed by atoms with E-state index in [9.17, 15) is 4.79 Å². The van der Waals surface area contributed by atoms with E-state index in [1.165, 1.54) is 19.2 Å². The zero-order chi connectivity index (χ0) is 16.5. The van der Waals surface area contributed by atoms with Gasteiger partial charge < -0.3 is 10.2 Å². The Hall–Kier alpha value is -2.38. The fourth-order valence-electron chi connectivity index (χ4n) is 3.38. The number of hydrogen-bond acceptors (Lipinski definition) is 4. The number of urea groups is 1. The molecule has 128 valence electrons. The Kier molecular flexibility index (Phi) is 3.95. The standard InChI is InChI=1S/C16H23N7O/c1-12(13-4-5-13)22-8-14(7-18-22)20-16(24)21-6-2-3-15(9-21)23-11-17-10-19-23/h7-8,10-13,15H,2-6,9H2,1H3,(H,20,24)/t12-,15-/m0/s1. The molecule has 2 aliphatic rings. The molecule has 8 nitrogen and oxygen atoms in total. The molecule has 2 atom stereocenters. The molecule has 1 aliphatic carbocycles. The Morgan fingerprint density at radius 1 is 1.33 bits per heavy atom. The molecule has 8 heteroatoms. The van der Waals surface area contributed by atoms with Gasteiger partial charge in [0.05, 0.1) is 24.0 Å². The molecule has 1 saturated carbocycles. The number of nitrogens with zero attached hydrogens (tertiary/aromatic N) is 6. The number of nitrogens with one attached hydrogen (secondary N) is 1. The van der Waals surface area contributed by atoms with Gasteiger partial charge in [0.2, 0.25) is 0 Å². The third-order valence-electron chi connectivity index (χ3n) is 5.07. The number of hydrogen-bond donors (Lipinski definition) is 1. The highest BCUT2D eigenvalue weighted by Gasteiger charge is 2.30. The number of carbonyl (C=O) groups is 1. The van der Waals surface area contributed by atoms with E-state index in [-0.39, 0.29) is 12.1 Å². The molecular weight excluding hydrogens is 306 g/mol. The summed E-state index contributed by atoms with van der Waals surface area (Å²) in [4.78, 5) is 18.4. The summed E-state index contributed by atoms with van der Waals surface area (Å²) >= 11 is 0. The van der Waals surface area contributed by atoms with Crippen molar-refractivity contribution in [1.82, 2.24) is 29.4 Å².